The van der Waals surface area contributed by atoms with Crippen molar-refractivity contribution < 1.29 is 0 Å². The number of aryl methyl sites for hydroxylation is 1. The minimum absolute atomic E-state index is 0.430. The molecule has 7 heteroatoms. The number of benzene rings is 1. The van der Waals surface area contributed by atoms with Crippen molar-refractivity contribution in [2.24, 2.45) is 7.05 Å². The molecule has 2 N–H and O–H groups in total. The second-order valence-corrected chi connectivity index (χ2v) is 5.18. The summed E-state index contributed by atoms with van der Waals surface area (Å²) in [5, 5.41) is 9.49. The monoisotopic (exact) mass is 305 g/mol. The first kappa shape index (κ1) is 13.6. The van der Waals surface area contributed by atoms with Crippen LogP contribution in [0.1, 0.15) is 5.69 Å². The van der Waals surface area contributed by atoms with Crippen LogP contribution in [0.5, 0.6) is 0 Å². The molecule has 7 nitrogen and oxygen atoms in total. The number of hydrogen-bond donors (Lipinski definition) is 2. The lowest BCUT2D eigenvalue weighted by molar-refractivity contribution is 0.758. The van der Waals surface area contributed by atoms with E-state index in [-0.39, 0.29) is 0 Å². The van der Waals surface area contributed by atoms with Crippen molar-refractivity contribution in [1.82, 2.24) is 30.2 Å². The molecule has 3 aromatic heterocycles. The predicted octanol–water partition coefficient (Wildman–Crippen LogP) is 2.03. The number of nitrogens with zero attached hydrogens (tertiary/aromatic N) is 5. The molecule has 0 aliphatic heterocycles. The van der Waals surface area contributed by atoms with Gasteiger partial charge in [0.15, 0.2) is 5.65 Å². The van der Waals surface area contributed by atoms with Crippen LogP contribution in [0.25, 0.3) is 22.1 Å². The zero-order valence-electron chi connectivity index (χ0n) is 12.6. The Morgan fingerprint density at radius 3 is 2.78 bits per heavy atom. The van der Waals surface area contributed by atoms with Crippen LogP contribution in [0, 0.1) is 0 Å². The highest BCUT2D eigenvalue weighted by Gasteiger charge is 2.11. The number of anilines is 1. The first-order chi connectivity index (χ1) is 11.3. The van der Waals surface area contributed by atoms with Gasteiger partial charge in [-0.1, -0.05) is 24.3 Å². The van der Waals surface area contributed by atoms with Gasteiger partial charge in [-0.2, -0.15) is 4.98 Å². The van der Waals surface area contributed by atoms with Gasteiger partial charge in [0.05, 0.1) is 17.8 Å². The van der Waals surface area contributed by atoms with Crippen LogP contribution in [-0.4, -0.2) is 24.7 Å². The lowest BCUT2D eigenvalue weighted by atomic mass is 10.2. The Hall–Kier alpha value is -3.06. The van der Waals surface area contributed by atoms with Crippen molar-refractivity contribution in [3.8, 4) is 0 Å². The lowest BCUT2D eigenvalue weighted by Gasteiger charge is -2.06. The summed E-state index contributed by atoms with van der Waals surface area (Å²) in [6, 6.07) is 13.8. The normalized spacial score (nSPS) is 11.2. The third-order valence-corrected chi connectivity index (χ3v) is 3.70. The maximum absolute atomic E-state index is 4.54. The second-order valence-electron chi connectivity index (χ2n) is 5.18. The summed E-state index contributed by atoms with van der Waals surface area (Å²) in [6.45, 7) is 0.567. The molecular formula is C16H15N7. The molecule has 114 valence electrons. The molecule has 0 spiro atoms. The largest absolute Gasteiger partial charge is 0.327 e. The van der Waals surface area contributed by atoms with Gasteiger partial charge in [-0.15, -0.1) is 10.2 Å². The fraction of sp³-hybridized carbons (Fsp3) is 0.125. The van der Waals surface area contributed by atoms with Crippen LogP contribution >= 0.6 is 0 Å². The Balaban J connectivity index is 1.59. The number of pyridine rings is 1. The van der Waals surface area contributed by atoms with E-state index in [9.17, 15) is 0 Å². The molecule has 0 amide bonds. The highest BCUT2D eigenvalue weighted by molar-refractivity contribution is 6.04. The number of aromatic nitrogens is 5. The summed E-state index contributed by atoms with van der Waals surface area (Å²) >= 11 is 0. The molecule has 0 aliphatic rings. The Bertz CT molecular complexity index is 962. The van der Waals surface area contributed by atoms with Gasteiger partial charge in [0.25, 0.3) is 5.95 Å². The van der Waals surface area contributed by atoms with Crippen LogP contribution in [0.4, 0.5) is 5.95 Å². The molecule has 3 heterocycles. The Morgan fingerprint density at radius 2 is 1.91 bits per heavy atom. The van der Waals surface area contributed by atoms with Crippen LogP contribution in [-0.2, 0) is 13.6 Å². The van der Waals surface area contributed by atoms with Crippen molar-refractivity contribution in [3.05, 3.63) is 54.4 Å². The fourth-order valence-electron chi connectivity index (χ4n) is 2.58. The lowest BCUT2D eigenvalue weighted by Crippen LogP contribution is -2.23. The molecule has 0 radical (unpaired) electrons. The molecular weight excluding hydrogens is 290 g/mol. The van der Waals surface area contributed by atoms with Crippen LogP contribution < -0.4 is 10.9 Å². The summed E-state index contributed by atoms with van der Waals surface area (Å²) < 4.78 is 2.02. The van der Waals surface area contributed by atoms with Gasteiger partial charge < -0.3 is 4.57 Å². The van der Waals surface area contributed by atoms with E-state index in [1.807, 2.05) is 54.1 Å². The molecule has 1 aromatic carbocycles. The molecule has 0 saturated heterocycles. The van der Waals surface area contributed by atoms with E-state index in [1.165, 1.54) is 0 Å². The summed E-state index contributed by atoms with van der Waals surface area (Å²) in [7, 11) is 1.98. The van der Waals surface area contributed by atoms with Gasteiger partial charge >= 0.3 is 0 Å². The van der Waals surface area contributed by atoms with E-state index in [1.54, 1.807) is 6.20 Å². The van der Waals surface area contributed by atoms with Crippen molar-refractivity contribution in [2.75, 3.05) is 5.43 Å². The van der Waals surface area contributed by atoms with E-state index in [2.05, 4.69) is 31.0 Å². The quantitative estimate of drug-likeness (QED) is 0.562. The number of nitrogens with one attached hydrogen (secondary N) is 2. The van der Waals surface area contributed by atoms with Crippen LogP contribution in [0.2, 0.25) is 0 Å². The van der Waals surface area contributed by atoms with Gasteiger partial charge in [0.2, 0.25) is 0 Å². The summed E-state index contributed by atoms with van der Waals surface area (Å²) in [6.07, 6.45) is 1.76. The fourth-order valence-corrected chi connectivity index (χ4v) is 2.58. The average Bonchev–Trinajstić information content (AvgIpc) is 2.89. The van der Waals surface area contributed by atoms with E-state index < -0.39 is 0 Å². The maximum atomic E-state index is 4.54. The number of hydrogen-bond acceptors (Lipinski definition) is 6. The van der Waals surface area contributed by atoms with E-state index in [4.69, 9.17) is 0 Å². The van der Waals surface area contributed by atoms with Crippen LogP contribution in [0.15, 0.2) is 48.7 Å². The van der Waals surface area contributed by atoms with Crippen molar-refractivity contribution in [3.63, 3.8) is 0 Å². The highest BCUT2D eigenvalue weighted by Crippen LogP contribution is 2.24. The molecule has 0 aliphatic carbocycles. The number of hydrazine groups is 1. The summed E-state index contributed by atoms with van der Waals surface area (Å²) in [4.78, 5) is 8.78. The zero-order chi connectivity index (χ0) is 15.6. The summed E-state index contributed by atoms with van der Waals surface area (Å²) in [5.41, 5.74) is 9.63. The third kappa shape index (κ3) is 2.47. The molecule has 0 atom stereocenters. The Morgan fingerprint density at radius 1 is 1.04 bits per heavy atom. The molecule has 0 fully saturated rings. The predicted molar refractivity (Wildman–Crippen MR) is 88.5 cm³/mol. The van der Waals surface area contributed by atoms with E-state index in [0.29, 0.717) is 12.5 Å². The van der Waals surface area contributed by atoms with E-state index >= 15 is 0 Å². The number of fused-ring (bicyclic) bond motifs is 3. The van der Waals surface area contributed by atoms with Crippen molar-refractivity contribution >= 4 is 28.0 Å². The molecule has 0 saturated carbocycles. The first-order valence-corrected chi connectivity index (χ1v) is 7.29. The minimum atomic E-state index is 0.430. The highest BCUT2D eigenvalue weighted by atomic mass is 15.4. The smallest absolute Gasteiger partial charge is 0.259 e. The minimum Gasteiger partial charge on any atom is -0.327 e. The Labute approximate surface area is 132 Å². The average molecular weight is 305 g/mol. The van der Waals surface area contributed by atoms with Gasteiger partial charge in [-0.25, -0.2) is 5.43 Å². The van der Waals surface area contributed by atoms with Gasteiger partial charge in [-0.3, -0.25) is 10.4 Å². The van der Waals surface area contributed by atoms with Crippen LogP contribution in [0.3, 0.4) is 0 Å². The standard InChI is InChI=1S/C16H15N7/c1-23-13-8-3-2-7-12(13)14-15(23)19-16(22-20-14)21-18-10-11-6-4-5-9-17-11/h2-9,18H,10H2,1H3,(H,19,21,22). The summed E-state index contributed by atoms with van der Waals surface area (Å²) in [5.74, 6) is 0.430. The van der Waals surface area contributed by atoms with E-state index in [0.717, 1.165) is 27.8 Å². The molecule has 0 bridgehead atoms. The SMILES string of the molecule is Cn1c2ccccc2c2nnc(NNCc3ccccn3)nc21. The molecule has 4 rings (SSSR count). The zero-order valence-corrected chi connectivity index (χ0v) is 12.6. The van der Waals surface area contributed by atoms with Crippen molar-refractivity contribution in [2.45, 2.75) is 6.54 Å². The van der Waals surface area contributed by atoms with Gasteiger partial charge in [0, 0.05) is 18.6 Å². The second kappa shape index (κ2) is 5.62. The van der Waals surface area contributed by atoms with Gasteiger partial charge in [-0.05, 0) is 18.2 Å². The first-order valence-electron chi connectivity index (χ1n) is 7.29. The molecule has 4 aromatic rings. The Kier molecular flexibility index (Phi) is 3.32. The maximum Gasteiger partial charge on any atom is 0.259 e. The molecule has 0 unspecified atom stereocenters. The molecule has 23 heavy (non-hydrogen) atoms. The third-order valence-electron chi connectivity index (χ3n) is 3.70. The van der Waals surface area contributed by atoms with Crippen molar-refractivity contribution in [1.29, 1.82) is 0 Å². The van der Waals surface area contributed by atoms with Gasteiger partial charge in [0.1, 0.15) is 5.52 Å². The topological polar surface area (TPSA) is 80.5 Å². The number of para-hydroxylation sites is 1. The number of rotatable bonds is 4.